The molecule has 8 heteroatoms. The molecule has 0 spiro atoms. The fraction of sp³-hybridized carbons (Fsp3) is 0.556. The molecule has 1 heterocycles. The third kappa shape index (κ3) is 2.70. The zero-order valence-corrected chi connectivity index (χ0v) is 10.3. The predicted octanol–water partition coefficient (Wildman–Crippen LogP) is 2.11. The minimum absolute atomic E-state index is 0.112. The second-order valence-electron chi connectivity index (χ2n) is 3.48. The number of aliphatic carboxylic acids is 1. The molecule has 0 fully saturated rings. The molecule has 2 N–H and O–H groups in total. The molecule has 0 atom stereocenters. The largest absolute Gasteiger partial charge is 0.480 e. The van der Waals surface area contributed by atoms with Gasteiger partial charge in [0.25, 0.3) is 0 Å². The van der Waals surface area contributed by atoms with Crippen LogP contribution in [0.2, 0.25) is 0 Å². The Hall–Kier alpha value is -1.70. The van der Waals surface area contributed by atoms with Crippen molar-refractivity contribution in [1.82, 2.24) is 4.98 Å². The number of thiazole rings is 1. The highest BCUT2D eigenvalue weighted by molar-refractivity contribution is 7.18. The van der Waals surface area contributed by atoms with Crippen LogP contribution in [0.25, 0.3) is 0 Å². The molecule has 94 valence electrons. The third-order valence-electron chi connectivity index (χ3n) is 2.64. The van der Waals surface area contributed by atoms with Crippen molar-refractivity contribution in [1.29, 1.82) is 0 Å². The molecule has 0 bridgehead atoms. The first kappa shape index (κ1) is 13.4. The van der Waals surface area contributed by atoms with Crippen molar-refractivity contribution in [2.75, 3.05) is 5.32 Å². The lowest BCUT2D eigenvalue weighted by Crippen LogP contribution is -2.45. The summed E-state index contributed by atoms with van der Waals surface area (Å²) in [4.78, 5) is 24.9. The van der Waals surface area contributed by atoms with Gasteiger partial charge in [0.2, 0.25) is 0 Å². The Morgan fingerprint density at radius 3 is 2.59 bits per heavy atom. The van der Waals surface area contributed by atoms with E-state index in [4.69, 9.17) is 0 Å². The normalized spacial score (nSPS) is 11.2. The summed E-state index contributed by atoms with van der Waals surface area (Å²) in [5, 5.41) is 22.6. The Bertz CT molecular complexity index is 428. The molecule has 0 saturated carbocycles. The Morgan fingerprint density at radius 2 is 2.24 bits per heavy atom. The molecular formula is C9H13N3O4S. The number of hydrogen-bond donors (Lipinski definition) is 2. The van der Waals surface area contributed by atoms with Gasteiger partial charge in [-0.25, -0.2) is 9.78 Å². The first-order chi connectivity index (χ1) is 7.95. The number of nitrogens with zero attached hydrogens (tertiary/aromatic N) is 2. The van der Waals surface area contributed by atoms with E-state index in [1.165, 1.54) is 0 Å². The number of aromatic nitrogens is 1. The highest BCUT2D eigenvalue weighted by Crippen LogP contribution is 2.29. The Labute approximate surface area is 102 Å². The average molecular weight is 259 g/mol. The van der Waals surface area contributed by atoms with E-state index in [-0.39, 0.29) is 10.1 Å². The highest BCUT2D eigenvalue weighted by atomic mass is 32.1. The first-order valence-electron chi connectivity index (χ1n) is 5.07. The van der Waals surface area contributed by atoms with Crippen molar-refractivity contribution in [3.63, 3.8) is 0 Å². The monoisotopic (exact) mass is 259 g/mol. The Balaban J connectivity index is 2.93. The molecule has 7 nitrogen and oxygen atoms in total. The maximum atomic E-state index is 11.2. The van der Waals surface area contributed by atoms with Crippen molar-refractivity contribution >= 4 is 27.4 Å². The van der Waals surface area contributed by atoms with E-state index >= 15 is 0 Å². The van der Waals surface area contributed by atoms with Crippen molar-refractivity contribution in [3.8, 4) is 0 Å². The topological polar surface area (TPSA) is 105 Å². The van der Waals surface area contributed by atoms with Crippen LogP contribution in [0.5, 0.6) is 0 Å². The number of carboxylic acid groups (broad SMARTS) is 1. The summed E-state index contributed by atoms with van der Waals surface area (Å²) < 4.78 is 0. The lowest BCUT2D eigenvalue weighted by molar-refractivity contribution is -0.380. The maximum Gasteiger partial charge on any atom is 0.345 e. The zero-order chi connectivity index (χ0) is 13.1. The van der Waals surface area contributed by atoms with Crippen LogP contribution in [-0.4, -0.2) is 26.5 Å². The van der Waals surface area contributed by atoms with E-state index in [0.717, 1.165) is 17.5 Å². The van der Waals surface area contributed by atoms with Gasteiger partial charge < -0.3 is 10.4 Å². The van der Waals surface area contributed by atoms with E-state index in [9.17, 15) is 20.0 Å². The van der Waals surface area contributed by atoms with Gasteiger partial charge in [0.15, 0.2) is 5.13 Å². The zero-order valence-electron chi connectivity index (χ0n) is 9.47. The quantitative estimate of drug-likeness (QED) is 0.598. The minimum Gasteiger partial charge on any atom is -0.480 e. The number of carboxylic acids is 1. The van der Waals surface area contributed by atoms with E-state index in [2.05, 4.69) is 10.3 Å². The van der Waals surface area contributed by atoms with Crippen molar-refractivity contribution in [3.05, 3.63) is 16.3 Å². The van der Waals surface area contributed by atoms with Gasteiger partial charge in [0.05, 0.1) is 4.92 Å². The summed E-state index contributed by atoms with van der Waals surface area (Å²) in [6.07, 6.45) is 1.85. The second kappa shape index (κ2) is 5.09. The van der Waals surface area contributed by atoms with E-state index in [1.54, 1.807) is 13.8 Å². The number of nitro groups is 1. The van der Waals surface area contributed by atoms with Gasteiger partial charge in [-0.1, -0.05) is 13.8 Å². The number of rotatable bonds is 6. The van der Waals surface area contributed by atoms with Gasteiger partial charge in [-0.15, -0.1) is 0 Å². The highest BCUT2D eigenvalue weighted by Gasteiger charge is 2.35. The van der Waals surface area contributed by atoms with Gasteiger partial charge in [-0.05, 0) is 24.2 Å². The van der Waals surface area contributed by atoms with Gasteiger partial charge in [0.1, 0.15) is 11.7 Å². The summed E-state index contributed by atoms with van der Waals surface area (Å²) in [5.74, 6) is -0.986. The van der Waals surface area contributed by atoms with Crippen LogP contribution in [-0.2, 0) is 4.79 Å². The van der Waals surface area contributed by atoms with Crippen LogP contribution in [0.15, 0.2) is 6.20 Å². The average Bonchev–Trinajstić information content (AvgIpc) is 2.74. The number of carbonyl (C=O) groups is 1. The maximum absolute atomic E-state index is 11.2. The van der Waals surface area contributed by atoms with Crippen LogP contribution in [0.4, 0.5) is 10.1 Å². The van der Waals surface area contributed by atoms with Gasteiger partial charge in [-0.3, -0.25) is 10.1 Å². The second-order valence-corrected chi connectivity index (χ2v) is 4.49. The molecular weight excluding hydrogens is 246 g/mol. The predicted molar refractivity (Wildman–Crippen MR) is 63.3 cm³/mol. The fourth-order valence-electron chi connectivity index (χ4n) is 1.40. The standard InChI is InChI=1S/C9H13N3O4S/c1-3-9(4-2,7(13)14)11-8-10-5-6(17-8)12(15)16/h5H,3-4H2,1-2H3,(H,10,11)(H,13,14). The van der Waals surface area contributed by atoms with Gasteiger partial charge in [0, 0.05) is 0 Å². The summed E-state index contributed by atoms with van der Waals surface area (Å²) in [7, 11) is 0. The molecule has 0 unspecified atom stereocenters. The summed E-state index contributed by atoms with van der Waals surface area (Å²) in [6.45, 7) is 3.49. The van der Waals surface area contributed by atoms with E-state index in [0.29, 0.717) is 12.8 Å². The lowest BCUT2D eigenvalue weighted by Gasteiger charge is -2.27. The number of nitrogens with one attached hydrogen (secondary N) is 1. The summed E-state index contributed by atoms with van der Waals surface area (Å²) >= 11 is 0.831. The molecule has 0 aromatic carbocycles. The van der Waals surface area contributed by atoms with E-state index < -0.39 is 16.4 Å². The van der Waals surface area contributed by atoms with Gasteiger partial charge in [-0.2, -0.15) is 0 Å². The Kier molecular flexibility index (Phi) is 4.00. The van der Waals surface area contributed by atoms with Crippen molar-refractivity contribution in [2.24, 2.45) is 0 Å². The lowest BCUT2D eigenvalue weighted by atomic mass is 9.93. The molecule has 1 aromatic rings. The molecule has 17 heavy (non-hydrogen) atoms. The molecule has 0 aliphatic heterocycles. The number of hydrogen-bond acceptors (Lipinski definition) is 6. The van der Waals surface area contributed by atoms with Crippen LogP contribution >= 0.6 is 11.3 Å². The third-order valence-corrected chi connectivity index (χ3v) is 3.50. The van der Waals surface area contributed by atoms with Crippen LogP contribution < -0.4 is 5.32 Å². The molecule has 1 rings (SSSR count). The van der Waals surface area contributed by atoms with Crippen molar-refractivity contribution < 1.29 is 14.8 Å². The molecule has 0 radical (unpaired) electrons. The van der Waals surface area contributed by atoms with Crippen molar-refractivity contribution in [2.45, 2.75) is 32.2 Å². The summed E-state index contributed by atoms with van der Waals surface area (Å²) in [5.41, 5.74) is -1.12. The number of anilines is 1. The molecule has 1 aromatic heterocycles. The van der Waals surface area contributed by atoms with Crippen LogP contribution in [0.1, 0.15) is 26.7 Å². The minimum atomic E-state index is -1.12. The Morgan fingerprint density at radius 1 is 1.65 bits per heavy atom. The molecule has 0 aliphatic rings. The molecule has 0 saturated heterocycles. The van der Waals surface area contributed by atoms with Gasteiger partial charge >= 0.3 is 11.0 Å². The van der Waals surface area contributed by atoms with E-state index in [1.807, 2.05) is 0 Å². The summed E-state index contributed by atoms with van der Waals surface area (Å²) in [6, 6.07) is 0. The SMILES string of the molecule is CCC(CC)(Nc1ncc([N+](=O)[O-])s1)C(=O)O. The first-order valence-corrected chi connectivity index (χ1v) is 5.88. The smallest absolute Gasteiger partial charge is 0.345 e. The fourth-order valence-corrected chi connectivity index (χ4v) is 2.13. The van der Waals surface area contributed by atoms with Crippen LogP contribution in [0, 0.1) is 10.1 Å². The molecule has 0 amide bonds. The van der Waals surface area contributed by atoms with Crippen LogP contribution in [0.3, 0.4) is 0 Å². The molecule has 0 aliphatic carbocycles.